The minimum Gasteiger partial charge on any atom is -0.490 e. The molecule has 0 aliphatic heterocycles. The maximum Gasteiger partial charge on any atom is 0.125 e. The van der Waals surface area contributed by atoms with Crippen molar-refractivity contribution in [3.05, 3.63) is 24.0 Å². The number of pyridine rings is 1. The van der Waals surface area contributed by atoms with Gasteiger partial charge in [-0.05, 0) is 25.8 Å². The lowest BCUT2D eigenvalue weighted by molar-refractivity contribution is 0.1000. The summed E-state index contributed by atoms with van der Waals surface area (Å²) in [7, 11) is 0. The van der Waals surface area contributed by atoms with Crippen LogP contribution >= 0.6 is 0 Å². The summed E-state index contributed by atoms with van der Waals surface area (Å²) < 4.78 is 5.73. The molecule has 1 heterocycles. The Hall–Kier alpha value is -1.09. The first kappa shape index (κ1) is 8.51. The van der Waals surface area contributed by atoms with Gasteiger partial charge in [0.1, 0.15) is 11.9 Å². The molecule has 1 aromatic heterocycles. The molecule has 0 radical (unpaired) electrons. The minimum absolute atomic E-state index is 0.316. The monoisotopic (exact) mass is 178 g/mol. The smallest absolute Gasteiger partial charge is 0.125 e. The molecule has 2 N–H and O–H groups in total. The number of nitrogens with two attached hydrogens (primary N) is 1. The zero-order chi connectivity index (χ0) is 9.26. The van der Waals surface area contributed by atoms with E-state index in [1.807, 2.05) is 19.2 Å². The van der Waals surface area contributed by atoms with Crippen LogP contribution in [0.5, 0.6) is 5.75 Å². The lowest BCUT2D eigenvalue weighted by Gasteiger charge is -2.32. The van der Waals surface area contributed by atoms with E-state index in [0.29, 0.717) is 12.1 Å². The van der Waals surface area contributed by atoms with Gasteiger partial charge in [0.25, 0.3) is 0 Å². The lowest BCUT2D eigenvalue weighted by Crippen LogP contribution is -2.43. The first-order valence-electron chi connectivity index (χ1n) is 4.58. The number of aryl methyl sites for hydroxylation is 1. The van der Waals surface area contributed by atoms with Gasteiger partial charge < -0.3 is 10.5 Å². The second kappa shape index (κ2) is 3.34. The molecule has 0 amide bonds. The van der Waals surface area contributed by atoms with E-state index in [1.54, 1.807) is 6.20 Å². The molecule has 1 fully saturated rings. The molecule has 3 nitrogen and oxygen atoms in total. The lowest BCUT2D eigenvalue weighted by atomic mass is 9.90. The van der Waals surface area contributed by atoms with Crippen LogP contribution in [-0.4, -0.2) is 17.1 Å². The average molecular weight is 178 g/mol. The van der Waals surface area contributed by atoms with E-state index in [2.05, 4.69) is 4.98 Å². The second-order valence-corrected chi connectivity index (χ2v) is 3.61. The number of rotatable bonds is 2. The van der Waals surface area contributed by atoms with Crippen molar-refractivity contribution < 1.29 is 4.74 Å². The maximum atomic E-state index is 5.73. The fourth-order valence-electron chi connectivity index (χ4n) is 1.47. The standard InChI is InChI=1S/C10H14N2O/c1-7-6-12-3-2-10(7)13-9-4-8(11)5-9/h2-3,6,8-9H,4-5,11H2,1H3. The van der Waals surface area contributed by atoms with Crippen molar-refractivity contribution >= 4 is 0 Å². The van der Waals surface area contributed by atoms with Gasteiger partial charge in [-0.15, -0.1) is 0 Å². The maximum absolute atomic E-state index is 5.73. The number of hydrogen-bond donors (Lipinski definition) is 1. The molecule has 0 atom stereocenters. The third-order valence-electron chi connectivity index (χ3n) is 2.39. The number of ether oxygens (including phenoxy) is 1. The molecule has 1 aromatic rings. The van der Waals surface area contributed by atoms with Gasteiger partial charge in [-0.2, -0.15) is 0 Å². The summed E-state index contributed by atoms with van der Waals surface area (Å²) in [5, 5.41) is 0. The molecule has 1 aliphatic rings. The van der Waals surface area contributed by atoms with E-state index in [4.69, 9.17) is 10.5 Å². The van der Waals surface area contributed by atoms with Crippen LogP contribution in [0, 0.1) is 6.92 Å². The van der Waals surface area contributed by atoms with Crippen LogP contribution in [0.2, 0.25) is 0 Å². The molecule has 2 rings (SSSR count). The Bertz CT molecular complexity index is 295. The van der Waals surface area contributed by atoms with Gasteiger partial charge in [0.15, 0.2) is 0 Å². The van der Waals surface area contributed by atoms with Gasteiger partial charge in [0.05, 0.1) is 0 Å². The van der Waals surface area contributed by atoms with Crippen molar-refractivity contribution in [2.24, 2.45) is 5.73 Å². The summed E-state index contributed by atoms with van der Waals surface area (Å²) in [6, 6.07) is 2.24. The van der Waals surface area contributed by atoms with Gasteiger partial charge >= 0.3 is 0 Å². The van der Waals surface area contributed by atoms with Crippen molar-refractivity contribution in [1.82, 2.24) is 4.98 Å². The summed E-state index contributed by atoms with van der Waals surface area (Å²) in [4.78, 5) is 4.01. The zero-order valence-electron chi connectivity index (χ0n) is 7.73. The first-order chi connectivity index (χ1) is 6.25. The molecule has 0 aromatic carbocycles. The molecule has 0 spiro atoms. The second-order valence-electron chi connectivity index (χ2n) is 3.61. The van der Waals surface area contributed by atoms with Gasteiger partial charge in [0, 0.05) is 24.0 Å². The highest BCUT2D eigenvalue weighted by atomic mass is 16.5. The number of aromatic nitrogens is 1. The normalized spacial score (nSPS) is 26.6. The van der Waals surface area contributed by atoms with E-state index < -0.39 is 0 Å². The summed E-state index contributed by atoms with van der Waals surface area (Å²) in [5.74, 6) is 0.937. The van der Waals surface area contributed by atoms with Crippen molar-refractivity contribution in [2.45, 2.75) is 31.9 Å². The Morgan fingerprint density at radius 3 is 2.92 bits per heavy atom. The Kier molecular flexibility index (Phi) is 2.19. The molecule has 0 saturated heterocycles. The molecular weight excluding hydrogens is 164 g/mol. The third kappa shape index (κ3) is 1.80. The molecule has 70 valence electrons. The summed E-state index contributed by atoms with van der Waals surface area (Å²) >= 11 is 0. The molecule has 1 saturated carbocycles. The van der Waals surface area contributed by atoms with Crippen LogP contribution in [-0.2, 0) is 0 Å². The first-order valence-corrected chi connectivity index (χ1v) is 4.58. The van der Waals surface area contributed by atoms with Gasteiger partial charge in [-0.1, -0.05) is 0 Å². The highest BCUT2D eigenvalue weighted by Gasteiger charge is 2.27. The summed E-state index contributed by atoms with van der Waals surface area (Å²) in [6.07, 6.45) is 5.83. The van der Waals surface area contributed by atoms with E-state index >= 15 is 0 Å². The Balaban J connectivity index is 1.98. The van der Waals surface area contributed by atoms with Crippen LogP contribution in [0.3, 0.4) is 0 Å². The van der Waals surface area contributed by atoms with Gasteiger partial charge in [-0.3, -0.25) is 4.98 Å². The molecular formula is C10H14N2O. The highest BCUT2D eigenvalue weighted by molar-refractivity contribution is 5.28. The van der Waals surface area contributed by atoms with Crippen LogP contribution in [0.25, 0.3) is 0 Å². The molecule has 3 heteroatoms. The van der Waals surface area contributed by atoms with Gasteiger partial charge in [-0.25, -0.2) is 0 Å². The van der Waals surface area contributed by atoms with E-state index in [1.165, 1.54) is 0 Å². The Morgan fingerprint density at radius 2 is 2.31 bits per heavy atom. The Labute approximate surface area is 77.9 Å². The Morgan fingerprint density at radius 1 is 1.54 bits per heavy atom. The minimum atomic E-state index is 0.316. The van der Waals surface area contributed by atoms with Crippen LogP contribution in [0.1, 0.15) is 18.4 Å². The molecule has 0 bridgehead atoms. The van der Waals surface area contributed by atoms with E-state index in [9.17, 15) is 0 Å². The highest BCUT2D eigenvalue weighted by Crippen LogP contribution is 2.25. The molecule has 13 heavy (non-hydrogen) atoms. The third-order valence-corrected chi connectivity index (χ3v) is 2.39. The van der Waals surface area contributed by atoms with Crippen LogP contribution < -0.4 is 10.5 Å². The van der Waals surface area contributed by atoms with Crippen LogP contribution in [0.15, 0.2) is 18.5 Å². The molecule has 0 unspecified atom stereocenters. The van der Waals surface area contributed by atoms with Crippen molar-refractivity contribution in [1.29, 1.82) is 0 Å². The number of hydrogen-bond acceptors (Lipinski definition) is 3. The van der Waals surface area contributed by atoms with E-state index in [-0.39, 0.29) is 0 Å². The quantitative estimate of drug-likeness (QED) is 0.741. The topological polar surface area (TPSA) is 48.1 Å². The fraction of sp³-hybridized carbons (Fsp3) is 0.500. The molecule has 1 aliphatic carbocycles. The van der Waals surface area contributed by atoms with E-state index in [0.717, 1.165) is 24.2 Å². The predicted octanol–water partition coefficient (Wildman–Crippen LogP) is 1.26. The van der Waals surface area contributed by atoms with Gasteiger partial charge in [0.2, 0.25) is 0 Å². The average Bonchev–Trinajstić information content (AvgIpc) is 2.06. The van der Waals surface area contributed by atoms with Crippen molar-refractivity contribution in [3.63, 3.8) is 0 Å². The van der Waals surface area contributed by atoms with Crippen LogP contribution in [0.4, 0.5) is 0 Å². The summed E-state index contributed by atoms with van der Waals surface area (Å²) in [6.45, 7) is 2.00. The fourth-order valence-corrected chi connectivity index (χ4v) is 1.47. The van der Waals surface area contributed by atoms with Crippen molar-refractivity contribution in [2.75, 3.05) is 0 Å². The SMILES string of the molecule is Cc1cnccc1OC1CC(N)C1. The number of nitrogens with zero attached hydrogens (tertiary/aromatic N) is 1. The summed E-state index contributed by atoms with van der Waals surface area (Å²) in [5.41, 5.74) is 6.75. The largest absolute Gasteiger partial charge is 0.490 e. The predicted molar refractivity (Wildman–Crippen MR) is 50.6 cm³/mol. The van der Waals surface area contributed by atoms with Crippen molar-refractivity contribution in [3.8, 4) is 5.75 Å². The zero-order valence-corrected chi connectivity index (χ0v) is 7.73.